The van der Waals surface area contributed by atoms with Crippen molar-refractivity contribution in [2.75, 3.05) is 13.2 Å². The Balaban J connectivity index is 1.62. The normalized spacial score (nSPS) is 11.4. The number of para-hydroxylation sites is 1. The first-order valence-electron chi connectivity index (χ1n) is 14.8. The average molecular weight is 613 g/mol. The molecule has 0 N–H and O–H groups in total. The Morgan fingerprint density at radius 2 is 1.29 bits per heavy atom. The SMILES string of the molecule is CCC(C)C(=O)OCCOC(=O)CCC(=O)Oc1c(Cc2ccccc2)c(=O)n(Cc2ccccc2)c(=O)n1-c1ccccc1. The van der Waals surface area contributed by atoms with Crippen LogP contribution in [0.15, 0.2) is 101 Å². The average Bonchev–Trinajstić information content (AvgIpc) is 3.06. The number of rotatable bonds is 14. The highest BCUT2D eigenvalue weighted by Crippen LogP contribution is 2.22. The zero-order valence-corrected chi connectivity index (χ0v) is 25.3. The van der Waals surface area contributed by atoms with Crippen molar-refractivity contribution in [3.8, 4) is 11.6 Å². The molecule has 45 heavy (non-hydrogen) atoms. The molecule has 1 aromatic heterocycles. The maximum Gasteiger partial charge on any atom is 0.338 e. The van der Waals surface area contributed by atoms with Crippen molar-refractivity contribution in [3.05, 3.63) is 129 Å². The van der Waals surface area contributed by atoms with Crippen LogP contribution >= 0.6 is 0 Å². The quantitative estimate of drug-likeness (QED) is 0.151. The summed E-state index contributed by atoms with van der Waals surface area (Å²) in [5.41, 5.74) is 0.761. The molecule has 0 radical (unpaired) electrons. The van der Waals surface area contributed by atoms with Crippen LogP contribution in [0.4, 0.5) is 0 Å². The van der Waals surface area contributed by atoms with Gasteiger partial charge in [0, 0.05) is 6.42 Å². The summed E-state index contributed by atoms with van der Waals surface area (Å²) in [5.74, 6) is -2.35. The van der Waals surface area contributed by atoms with Crippen molar-refractivity contribution >= 4 is 17.9 Å². The highest BCUT2D eigenvalue weighted by Gasteiger charge is 2.25. The highest BCUT2D eigenvalue weighted by molar-refractivity contribution is 5.79. The van der Waals surface area contributed by atoms with Gasteiger partial charge in [0.25, 0.3) is 5.56 Å². The first kappa shape index (κ1) is 32.7. The van der Waals surface area contributed by atoms with Gasteiger partial charge in [-0.3, -0.25) is 23.7 Å². The lowest BCUT2D eigenvalue weighted by molar-refractivity contribution is -0.155. The molecule has 10 heteroatoms. The molecule has 0 aliphatic heterocycles. The first-order valence-corrected chi connectivity index (χ1v) is 14.8. The van der Waals surface area contributed by atoms with E-state index in [2.05, 4.69) is 0 Å². The summed E-state index contributed by atoms with van der Waals surface area (Å²) >= 11 is 0. The van der Waals surface area contributed by atoms with E-state index in [-0.39, 0.29) is 62.4 Å². The van der Waals surface area contributed by atoms with Crippen LogP contribution in [0.5, 0.6) is 5.88 Å². The maximum absolute atomic E-state index is 14.0. The van der Waals surface area contributed by atoms with Gasteiger partial charge in [-0.15, -0.1) is 0 Å². The molecule has 1 atom stereocenters. The summed E-state index contributed by atoms with van der Waals surface area (Å²) in [6, 6.07) is 26.9. The zero-order valence-electron chi connectivity index (χ0n) is 25.3. The Bertz CT molecular complexity index is 1710. The zero-order chi connectivity index (χ0) is 32.2. The van der Waals surface area contributed by atoms with E-state index in [1.54, 1.807) is 37.3 Å². The smallest absolute Gasteiger partial charge is 0.338 e. The lowest BCUT2D eigenvalue weighted by atomic mass is 10.1. The molecule has 0 spiro atoms. The Kier molecular flexibility index (Phi) is 11.6. The van der Waals surface area contributed by atoms with Gasteiger partial charge in [-0.2, -0.15) is 0 Å². The summed E-state index contributed by atoms with van der Waals surface area (Å²) in [5, 5.41) is 0. The molecule has 10 nitrogen and oxygen atoms in total. The number of ether oxygens (including phenoxy) is 3. The number of carbonyl (C=O) groups excluding carboxylic acids is 3. The van der Waals surface area contributed by atoms with Crippen LogP contribution in [-0.2, 0) is 36.8 Å². The minimum atomic E-state index is -0.825. The Hall–Kier alpha value is -5.25. The maximum atomic E-state index is 14.0. The van der Waals surface area contributed by atoms with Crippen LogP contribution in [-0.4, -0.2) is 40.3 Å². The lowest BCUT2D eigenvalue weighted by Crippen LogP contribution is -2.42. The van der Waals surface area contributed by atoms with Gasteiger partial charge < -0.3 is 14.2 Å². The topological polar surface area (TPSA) is 123 Å². The second-order valence-corrected chi connectivity index (χ2v) is 10.4. The number of hydrogen-bond acceptors (Lipinski definition) is 8. The molecular formula is C35H36N2O8. The summed E-state index contributed by atoms with van der Waals surface area (Å²) in [6.07, 6.45) is 0.0366. The van der Waals surface area contributed by atoms with Crippen LogP contribution < -0.4 is 16.0 Å². The van der Waals surface area contributed by atoms with Crippen molar-refractivity contribution in [2.45, 2.75) is 46.1 Å². The number of carbonyl (C=O) groups is 3. The van der Waals surface area contributed by atoms with Gasteiger partial charge in [0.1, 0.15) is 13.2 Å². The fourth-order valence-electron chi connectivity index (χ4n) is 4.49. The van der Waals surface area contributed by atoms with Gasteiger partial charge in [-0.25, -0.2) is 9.36 Å². The van der Waals surface area contributed by atoms with E-state index >= 15 is 0 Å². The Morgan fingerprint density at radius 3 is 1.91 bits per heavy atom. The number of benzene rings is 3. The molecule has 234 valence electrons. The molecule has 4 aromatic rings. The molecule has 0 aliphatic carbocycles. The van der Waals surface area contributed by atoms with Gasteiger partial charge in [0.2, 0.25) is 5.88 Å². The minimum Gasteiger partial charge on any atom is -0.462 e. The molecule has 1 heterocycles. The van der Waals surface area contributed by atoms with Crippen LogP contribution in [0, 0.1) is 5.92 Å². The Labute approximate surface area is 260 Å². The summed E-state index contributed by atoms with van der Waals surface area (Å²) < 4.78 is 18.2. The van der Waals surface area contributed by atoms with Crippen LogP contribution in [0.3, 0.4) is 0 Å². The predicted molar refractivity (Wildman–Crippen MR) is 167 cm³/mol. The van der Waals surface area contributed by atoms with E-state index < -0.39 is 23.2 Å². The van der Waals surface area contributed by atoms with E-state index in [9.17, 15) is 24.0 Å². The van der Waals surface area contributed by atoms with E-state index in [0.29, 0.717) is 12.1 Å². The van der Waals surface area contributed by atoms with Crippen LogP contribution in [0.2, 0.25) is 0 Å². The molecule has 0 saturated carbocycles. The highest BCUT2D eigenvalue weighted by atomic mass is 16.6. The van der Waals surface area contributed by atoms with Crippen LogP contribution in [0.1, 0.15) is 49.8 Å². The molecule has 0 saturated heterocycles. The van der Waals surface area contributed by atoms with Crippen molar-refractivity contribution in [1.29, 1.82) is 0 Å². The van der Waals surface area contributed by atoms with Crippen molar-refractivity contribution < 1.29 is 28.6 Å². The monoisotopic (exact) mass is 612 g/mol. The largest absolute Gasteiger partial charge is 0.462 e. The third-order valence-electron chi connectivity index (χ3n) is 7.16. The second-order valence-electron chi connectivity index (χ2n) is 10.4. The summed E-state index contributed by atoms with van der Waals surface area (Å²) in [6.45, 7) is 3.38. The van der Waals surface area contributed by atoms with Gasteiger partial charge in [0.15, 0.2) is 0 Å². The third kappa shape index (κ3) is 8.88. The molecule has 3 aromatic carbocycles. The number of esters is 3. The van der Waals surface area contributed by atoms with Gasteiger partial charge >= 0.3 is 23.6 Å². The van der Waals surface area contributed by atoms with E-state index in [1.165, 1.54) is 4.57 Å². The lowest BCUT2D eigenvalue weighted by Gasteiger charge is -2.19. The Morgan fingerprint density at radius 1 is 0.733 bits per heavy atom. The second kappa shape index (κ2) is 16.0. The van der Waals surface area contributed by atoms with Crippen molar-refractivity contribution in [3.63, 3.8) is 0 Å². The molecule has 4 rings (SSSR count). The van der Waals surface area contributed by atoms with Crippen molar-refractivity contribution in [1.82, 2.24) is 9.13 Å². The summed E-state index contributed by atoms with van der Waals surface area (Å²) in [4.78, 5) is 65.1. The number of nitrogens with zero attached hydrogens (tertiary/aromatic N) is 2. The molecule has 1 unspecified atom stereocenters. The number of aromatic nitrogens is 2. The third-order valence-corrected chi connectivity index (χ3v) is 7.16. The van der Waals surface area contributed by atoms with E-state index in [0.717, 1.165) is 15.7 Å². The predicted octanol–water partition coefficient (Wildman–Crippen LogP) is 4.46. The molecule has 0 bridgehead atoms. The van der Waals surface area contributed by atoms with E-state index in [4.69, 9.17) is 14.2 Å². The van der Waals surface area contributed by atoms with Crippen molar-refractivity contribution in [2.24, 2.45) is 5.92 Å². The first-order chi connectivity index (χ1) is 21.8. The van der Waals surface area contributed by atoms with Crippen LogP contribution in [0.25, 0.3) is 5.69 Å². The van der Waals surface area contributed by atoms with Gasteiger partial charge in [-0.05, 0) is 29.7 Å². The summed E-state index contributed by atoms with van der Waals surface area (Å²) in [7, 11) is 0. The fraction of sp³-hybridized carbons (Fsp3) is 0.286. The fourth-order valence-corrected chi connectivity index (χ4v) is 4.49. The molecule has 0 amide bonds. The molecule has 0 fully saturated rings. The number of hydrogen-bond donors (Lipinski definition) is 0. The standard InChI is InChI=1S/C35H36N2O8/c1-3-25(2)34(41)44-22-21-43-30(38)19-20-31(39)45-33-29(23-26-13-7-4-8-14-26)32(40)36(24-27-15-9-5-10-16-27)35(42)37(33)28-17-11-6-12-18-28/h4-18,25H,3,19-24H2,1-2H3. The van der Waals surface area contributed by atoms with Gasteiger partial charge in [0.05, 0.1) is 36.6 Å². The van der Waals surface area contributed by atoms with Gasteiger partial charge in [-0.1, -0.05) is 92.7 Å². The molecule has 0 aliphatic rings. The molecular weight excluding hydrogens is 576 g/mol. The minimum absolute atomic E-state index is 0.0138. The van der Waals surface area contributed by atoms with E-state index in [1.807, 2.05) is 67.6 Å².